The van der Waals surface area contributed by atoms with Crippen LogP contribution in [0, 0.1) is 13.8 Å². The third-order valence-corrected chi connectivity index (χ3v) is 6.93. The molecule has 1 aliphatic rings. The fourth-order valence-corrected chi connectivity index (χ4v) is 4.97. The van der Waals surface area contributed by atoms with Gasteiger partial charge >= 0.3 is 0 Å². The van der Waals surface area contributed by atoms with Crippen LogP contribution in [0.4, 0.5) is 5.13 Å². The van der Waals surface area contributed by atoms with E-state index < -0.39 is 0 Å². The lowest BCUT2D eigenvalue weighted by Gasteiger charge is -2.18. The van der Waals surface area contributed by atoms with Crippen molar-refractivity contribution in [3.63, 3.8) is 0 Å². The van der Waals surface area contributed by atoms with Gasteiger partial charge in [-0.25, -0.2) is 4.98 Å². The molecule has 0 bridgehead atoms. The van der Waals surface area contributed by atoms with Gasteiger partial charge in [0.25, 0.3) is 5.91 Å². The normalized spacial score (nSPS) is 13.3. The number of carbonyl (C=O) groups excluding carboxylic acids is 2. The number of thiophene rings is 1. The van der Waals surface area contributed by atoms with Crippen LogP contribution in [0.5, 0.6) is 5.75 Å². The van der Waals surface area contributed by atoms with E-state index in [0.717, 1.165) is 29.7 Å². The second-order valence-electron chi connectivity index (χ2n) is 7.30. The summed E-state index contributed by atoms with van der Waals surface area (Å²) in [5.41, 5.74) is 2.80. The average Bonchev–Trinajstić information content (AvgIpc) is 3.25. The first kappa shape index (κ1) is 19.8. The molecule has 3 aromatic rings. The second kappa shape index (κ2) is 8.08. The highest BCUT2D eigenvalue weighted by Gasteiger charge is 2.37. The first-order valence-electron chi connectivity index (χ1n) is 9.51. The number of ketones is 1. The number of nitrogens with zero attached hydrogens (tertiary/aromatic N) is 2. The largest absolute Gasteiger partial charge is 0.489 e. The van der Waals surface area contributed by atoms with Gasteiger partial charge in [-0.3, -0.25) is 14.5 Å². The standard InChI is InChI=1S/C22H22N2O3S2/c1-13-5-4-6-18(9-13)27-11-16-10-19(28-12-16)21(26)24(17-7-8-17)22-23-14(2)20(29-22)15(3)25/h4-6,9-10,12,17H,7-8,11H2,1-3H3. The van der Waals surface area contributed by atoms with Gasteiger partial charge in [-0.15, -0.1) is 11.3 Å². The molecule has 1 fully saturated rings. The Labute approximate surface area is 178 Å². The number of thiazole rings is 1. The minimum Gasteiger partial charge on any atom is -0.489 e. The summed E-state index contributed by atoms with van der Waals surface area (Å²) in [6.45, 7) is 5.80. The summed E-state index contributed by atoms with van der Waals surface area (Å²) in [6.07, 6.45) is 1.93. The van der Waals surface area contributed by atoms with E-state index in [2.05, 4.69) is 4.98 Å². The zero-order chi connectivity index (χ0) is 20.5. The Morgan fingerprint density at radius 1 is 1.24 bits per heavy atom. The Balaban J connectivity index is 1.50. The number of Topliss-reactive ketones (excluding diaryl/α,β-unsaturated/α-hetero) is 1. The van der Waals surface area contributed by atoms with Gasteiger partial charge in [0, 0.05) is 18.5 Å². The Morgan fingerprint density at radius 2 is 2.03 bits per heavy atom. The molecule has 1 aromatic carbocycles. The molecular formula is C22H22N2O3S2. The van der Waals surface area contributed by atoms with Gasteiger partial charge in [0.1, 0.15) is 12.4 Å². The molecule has 1 amide bonds. The van der Waals surface area contributed by atoms with Crippen molar-refractivity contribution in [3.05, 3.63) is 62.3 Å². The summed E-state index contributed by atoms with van der Waals surface area (Å²) in [7, 11) is 0. The predicted octanol–water partition coefficient (Wildman–Crippen LogP) is 5.41. The molecule has 1 aliphatic carbocycles. The van der Waals surface area contributed by atoms with Crippen molar-refractivity contribution in [2.45, 2.75) is 46.3 Å². The second-order valence-corrected chi connectivity index (χ2v) is 9.19. The van der Waals surface area contributed by atoms with Crippen molar-refractivity contribution in [3.8, 4) is 5.75 Å². The van der Waals surface area contributed by atoms with Crippen LogP contribution in [0.1, 0.15) is 55.9 Å². The van der Waals surface area contributed by atoms with Crippen LogP contribution < -0.4 is 9.64 Å². The summed E-state index contributed by atoms with van der Waals surface area (Å²) < 4.78 is 5.85. The van der Waals surface area contributed by atoms with Crippen molar-refractivity contribution in [2.75, 3.05) is 4.90 Å². The number of carbonyl (C=O) groups is 2. The molecule has 150 valence electrons. The molecule has 2 aromatic heterocycles. The maximum Gasteiger partial charge on any atom is 0.270 e. The molecule has 7 heteroatoms. The maximum atomic E-state index is 13.2. The summed E-state index contributed by atoms with van der Waals surface area (Å²) in [5.74, 6) is 0.753. The van der Waals surface area contributed by atoms with Crippen LogP contribution in [-0.2, 0) is 6.61 Å². The Morgan fingerprint density at radius 3 is 2.69 bits per heavy atom. The quantitative estimate of drug-likeness (QED) is 0.474. The van der Waals surface area contributed by atoms with Gasteiger partial charge < -0.3 is 4.74 Å². The highest BCUT2D eigenvalue weighted by Crippen LogP contribution is 2.37. The van der Waals surface area contributed by atoms with Crippen molar-refractivity contribution >= 4 is 39.5 Å². The minimum atomic E-state index is -0.0526. The van der Waals surface area contributed by atoms with Gasteiger partial charge in [-0.05, 0) is 55.8 Å². The van der Waals surface area contributed by atoms with Crippen LogP contribution in [0.15, 0.2) is 35.7 Å². The Kier molecular flexibility index (Phi) is 5.52. The Bertz CT molecular complexity index is 1070. The molecule has 4 rings (SSSR count). The highest BCUT2D eigenvalue weighted by atomic mass is 32.1. The van der Waals surface area contributed by atoms with Gasteiger partial charge in [0.2, 0.25) is 0 Å². The fraction of sp³-hybridized carbons (Fsp3) is 0.318. The summed E-state index contributed by atoms with van der Waals surface area (Å²) in [5, 5.41) is 2.58. The zero-order valence-electron chi connectivity index (χ0n) is 16.6. The van der Waals surface area contributed by atoms with E-state index in [1.165, 1.54) is 29.6 Å². The first-order valence-corrected chi connectivity index (χ1v) is 11.2. The molecule has 1 saturated carbocycles. The van der Waals surface area contributed by atoms with E-state index >= 15 is 0 Å². The average molecular weight is 427 g/mol. The number of hydrogen-bond donors (Lipinski definition) is 0. The van der Waals surface area contributed by atoms with E-state index in [9.17, 15) is 9.59 Å². The van der Waals surface area contributed by atoms with Crippen molar-refractivity contribution in [1.82, 2.24) is 4.98 Å². The van der Waals surface area contributed by atoms with Crippen LogP contribution in [0.3, 0.4) is 0 Å². The van der Waals surface area contributed by atoms with E-state index in [1.807, 2.05) is 49.6 Å². The van der Waals surface area contributed by atoms with E-state index in [1.54, 1.807) is 4.90 Å². The highest BCUT2D eigenvalue weighted by molar-refractivity contribution is 7.18. The molecule has 0 aliphatic heterocycles. The Hall–Kier alpha value is -2.51. The van der Waals surface area contributed by atoms with Crippen LogP contribution in [0.2, 0.25) is 0 Å². The first-order chi connectivity index (χ1) is 13.9. The van der Waals surface area contributed by atoms with Gasteiger partial charge in [-0.2, -0.15) is 0 Å². The summed E-state index contributed by atoms with van der Waals surface area (Å²) >= 11 is 2.73. The smallest absolute Gasteiger partial charge is 0.270 e. The summed E-state index contributed by atoms with van der Waals surface area (Å²) in [6, 6.07) is 9.97. The third kappa shape index (κ3) is 4.41. The van der Waals surface area contributed by atoms with Crippen molar-refractivity contribution in [2.24, 2.45) is 0 Å². The summed E-state index contributed by atoms with van der Waals surface area (Å²) in [4.78, 5) is 32.6. The zero-order valence-corrected chi connectivity index (χ0v) is 18.2. The van der Waals surface area contributed by atoms with Crippen LogP contribution in [-0.4, -0.2) is 22.7 Å². The number of benzene rings is 1. The van der Waals surface area contributed by atoms with Crippen molar-refractivity contribution in [1.29, 1.82) is 0 Å². The van der Waals surface area contributed by atoms with Crippen molar-refractivity contribution < 1.29 is 14.3 Å². The number of ether oxygens (including phenoxy) is 1. The SMILES string of the molecule is CC(=O)c1sc(N(C(=O)c2cc(COc3cccc(C)c3)cs2)C2CC2)nc1C. The number of hydrogen-bond acceptors (Lipinski definition) is 6. The number of rotatable bonds is 7. The molecule has 0 unspecified atom stereocenters. The van der Waals surface area contributed by atoms with Gasteiger partial charge in [0.05, 0.1) is 15.4 Å². The fourth-order valence-electron chi connectivity index (χ4n) is 3.11. The molecule has 2 heterocycles. The van der Waals surface area contributed by atoms with Gasteiger partial charge in [0.15, 0.2) is 10.9 Å². The molecule has 0 N–H and O–H groups in total. The topological polar surface area (TPSA) is 59.5 Å². The molecule has 0 atom stereocenters. The number of aromatic nitrogens is 1. The lowest BCUT2D eigenvalue weighted by molar-refractivity contribution is 0.0986. The predicted molar refractivity (Wildman–Crippen MR) is 117 cm³/mol. The lowest BCUT2D eigenvalue weighted by Crippen LogP contribution is -2.32. The van der Waals surface area contributed by atoms with Crippen LogP contribution in [0.25, 0.3) is 0 Å². The van der Waals surface area contributed by atoms with Gasteiger partial charge in [-0.1, -0.05) is 23.5 Å². The molecular weight excluding hydrogens is 404 g/mol. The molecule has 0 spiro atoms. The molecule has 0 saturated heterocycles. The molecule has 5 nitrogen and oxygen atoms in total. The third-order valence-electron chi connectivity index (χ3n) is 4.70. The lowest BCUT2D eigenvalue weighted by atomic mass is 10.2. The monoisotopic (exact) mass is 426 g/mol. The number of anilines is 1. The number of amides is 1. The number of aryl methyl sites for hydroxylation is 2. The van der Waals surface area contributed by atoms with E-state index in [4.69, 9.17) is 4.74 Å². The minimum absolute atomic E-state index is 0.0128. The van der Waals surface area contributed by atoms with E-state index in [-0.39, 0.29) is 17.7 Å². The maximum absolute atomic E-state index is 13.2. The molecule has 0 radical (unpaired) electrons. The van der Waals surface area contributed by atoms with Crippen LogP contribution >= 0.6 is 22.7 Å². The van der Waals surface area contributed by atoms with E-state index in [0.29, 0.717) is 27.2 Å². The molecule has 29 heavy (non-hydrogen) atoms.